The highest BCUT2D eigenvalue weighted by Gasteiger charge is 2.00. The molecule has 0 aliphatic carbocycles. The van der Waals surface area contributed by atoms with Crippen LogP contribution in [0.2, 0.25) is 0 Å². The lowest BCUT2D eigenvalue weighted by atomic mass is 10.1. The fraction of sp³-hybridized carbons (Fsp3) is 0.111. The monoisotopic (exact) mass is 496 g/mol. The van der Waals surface area contributed by atoms with Gasteiger partial charge in [-0.25, -0.2) is 4.98 Å². The molecule has 1 aromatic carbocycles. The van der Waals surface area contributed by atoms with Gasteiger partial charge in [-0.3, -0.25) is 4.98 Å². The summed E-state index contributed by atoms with van der Waals surface area (Å²) < 4.78 is 2.98. The molecule has 2 nitrogen and oxygen atoms in total. The highest BCUT2D eigenvalue weighted by Crippen LogP contribution is 2.21. The summed E-state index contributed by atoms with van der Waals surface area (Å²) in [5.41, 5.74) is 4.57. The van der Waals surface area contributed by atoms with Crippen LogP contribution in [0.25, 0.3) is 11.3 Å². The van der Waals surface area contributed by atoms with E-state index < -0.39 is 0 Å². The summed E-state index contributed by atoms with van der Waals surface area (Å²) >= 11 is 10.0. The van der Waals surface area contributed by atoms with Gasteiger partial charge in [0.05, 0.1) is 5.69 Å². The molecule has 5 heteroatoms. The van der Waals surface area contributed by atoms with Crippen molar-refractivity contribution < 1.29 is 0 Å². The number of benzene rings is 1. The second-order valence-corrected chi connectivity index (χ2v) is 7.46. The predicted octanol–water partition coefficient (Wildman–Crippen LogP) is 6.73. The summed E-state index contributed by atoms with van der Waals surface area (Å²) in [4.78, 5) is 8.37. The smallest absolute Gasteiger partial charge is 0.106 e. The first-order chi connectivity index (χ1) is 11.0. The van der Waals surface area contributed by atoms with Crippen LogP contribution in [0.5, 0.6) is 0 Å². The predicted molar refractivity (Wildman–Crippen MR) is 106 cm³/mol. The Labute approximate surface area is 161 Å². The van der Waals surface area contributed by atoms with Crippen LogP contribution in [0.15, 0.2) is 68.4 Å². The molecule has 0 unspecified atom stereocenters. The van der Waals surface area contributed by atoms with Crippen molar-refractivity contribution in [2.24, 2.45) is 0 Å². The third-order valence-corrected chi connectivity index (χ3v) is 5.22. The van der Waals surface area contributed by atoms with Crippen molar-refractivity contribution in [1.82, 2.24) is 9.97 Å². The fourth-order valence-corrected chi connectivity index (χ4v) is 2.69. The summed E-state index contributed by atoms with van der Waals surface area (Å²) in [5, 5.41) is 0. The molecule has 3 rings (SSSR count). The van der Waals surface area contributed by atoms with E-state index in [0.717, 1.165) is 24.8 Å². The number of hydrogen-bond donors (Lipinski definition) is 0. The average molecular weight is 499 g/mol. The maximum atomic E-state index is 4.36. The largest absolute Gasteiger partial charge is 0.255 e. The third-order valence-electron chi connectivity index (χ3n) is 3.13. The summed E-state index contributed by atoms with van der Waals surface area (Å²) in [6.07, 6.45) is 3.62. The molecule has 0 aliphatic heterocycles. The van der Waals surface area contributed by atoms with Crippen molar-refractivity contribution in [3.63, 3.8) is 0 Å². The van der Waals surface area contributed by atoms with Crippen LogP contribution in [0, 0.1) is 13.8 Å². The number of rotatable bonds is 1. The molecule has 0 N–H and O–H groups in total. The summed E-state index contributed by atoms with van der Waals surface area (Å²) in [6.45, 7) is 4.09. The molecule has 0 fully saturated rings. The SMILES string of the molecule is Cc1cc(-c2ccccc2)ncc1Br.Cc1cc(Br)ncc1Br. The Morgan fingerprint density at radius 1 is 0.739 bits per heavy atom. The molecule has 0 atom stereocenters. The van der Waals surface area contributed by atoms with Crippen molar-refractivity contribution in [1.29, 1.82) is 0 Å². The van der Waals surface area contributed by atoms with E-state index in [1.165, 1.54) is 11.1 Å². The zero-order valence-corrected chi connectivity index (χ0v) is 17.5. The first-order valence-corrected chi connectivity index (χ1v) is 9.30. The third kappa shape index (κ3) is 5.52. The maximum Gasteiger partial charge on any atom is 0.106 e. The average Bonchev–Trinajstić information content (AvgIpc) is 2.55. The lowest BCUT2D eigenvalue weighted by molar-refractivity contribution is 1.22. The van der Waals surface area contributed by atoms with Crippen LogP contribution in [-0.2, 0) is 0 Å². The lowest BCUT2D eigenvalue weighted by Crippen LogP contribution is -1.85. The van der Waals surface area contributed by atoms with Crippen molar-refractivity contribution in [2.75, 3.05) is 0 Å². The van der Waals surface area contributed by atoms with E-state index in [0.29, 0.717) is 0 Å². The number of nitrogens with zero attached hydrogens (tertiary/aromatic N) is 2. The van der Waals surface area contributed by atoms with Gasteiger partial charge in [0.2, 0.25) is 0 Å². The molecule has 0 radical (unpaired) electrons. The highest BCUT2D eigenvalue weighted by atomic mass is 79.9. The Balaban J connectivity index is 0.000000185. The second kappa shape index (κ2) is 8.71. The zero-order valence-electron chi connectivity index (χ0n) is 12.7. The standard InChI is InChI=1S/C12H10BrN.C6H5Br2N/c1-9-7-12(14-8-11(9)13)10-5-3-2-4-6-10;1-4-2-6(8)9-3-5(4)7/h2-8H,1H3;2-3H,1H3. The van der Waals surface area contributed by atoms with Gasteiger partial charge in [-0.05, 0) is 84.9 Å². The Hall–Kier alpha value is -1.04. The van der Waals surface area contributed by atoms with Crippen LogP contribution >= 0.6 is 47.8 Å². The molecule has 0 bridgehead atoms. The van der Waals surface area contributed by atoms with E-state index in [9.17, 15) is 0 Å². The Kier molecular flexibility index (Phi) is 6.93. The van der Waals surface area contributed by atoms with Gasteiger partial charge in [-0.1, -0.05) is 30.3 Å². The van der Waals surface area contributed by atoms with Crippen LogP contribution in [0.1, 0.15) is 11.1 Å². The van der Waals surface area contributed by atoms with Gasteiger partial charge in [-0.15, -0.1) is 0 Å². The van der Waals surface area contributed by atoms with E-state index in [1.807, 2.05) is 37.4 Å². The number of halogens is 3. The maximum absolute atomic E-state index is 4.36. The Bertz CT molecular complexity index is 790. The molecule has 0 spiro atoms. The minimum absolute atomic E-state index is 0.878. The summed E-state index contributed by atoms with van der Waals surface area (Å²) in [7, 11) is 0. The minimum atomic E-state index is 0.878. The van der Waals surface area contributed by atoms with E-state index >= 15 is 0 Å². The fourth-order valence-electron chi connectivity index (χ4n) is 1.81. The van der Waals surface area contributed by atoms with Gasteiger partial charge >= 0.3 is 0 Å². The van der Waals surface area contributed by atoms with Gasteiger partial charge in [0.1, 0.15) is 4.60 Å². The second-order valence-electron chi connectivity index (χ2n) is 4.94. The lowest BCUT2D eigenvalue weighted by Gasteiger charge is -2.02. The topological polar surface area (TPSA) is 25.8 Å². The van der Waals surface area contributed by atoms with Crippen molar-refractivity contribution in [3.8, 4) is 11.3 Å². The molecule has 0 saturated heterocycles. The van der Waals surface area contributed by atoms with Crippen LogP contribution in [0.3, 0.4) is 0 Å². The van der Waals surface area contributed by atoms with Crippen molar-refractivity contribution in [3.05, 3.63) is 79.5 Å². The molecular formula is C18H15Br3N2. The van der Waals surface area contributed by atoms with E-state index in [4.69, 9.17) is 0 Å². The number of aromatic nitrogens is 2. The van der Waals surface area contributed by atoms with E-state index in [1.54, 1.807) is 6.20 Å². The Morgan fingerprint density at radius 2 is 1.30 bits per heavy atom. The quantitative estimate of drug-likeness (QED) is 0.347. The summed E-state index contributed by atoms with van der Waals surface area (Å²) in [5.74, 6) is 0. The molecule has 23 heavy (non-hydrogen) atoms. The van der Waals surface area contributed by atoms with Gasteiger partial charge in [-0.2, -0.15) is 0 Å². The van der Waals surface area contributed by atoms with Crippen molar-refractivity contribution in [2.45, 2.75) is 13.8 Å². The number of pyridine rings is 2. The molecule has 0 aliphatic rings. The number of aryl methyl sites for hydroxylation is 2. The van der Waals surface area contributed by atoms with Gasteiger partial charge < -0.3 is 0 Å². The van der Waals surface area contributed by atoms with Gasteiger partial charge in [0, 0.05) is 26.9 Å². The zero-order chi connectivity index (χ0) is 16.8. The Morgan fingerprint density at radius 3 is 1.83 bits per heavy atom. The van der Waals surface area contributed by atoms with Gasteiger partial charge in [0.15, 0.2) is 0 Å². The molecular weight excluding hydrogens is 484 g/mol. The number of hydrogen-bond acceptors (Lipinski definition) is 2. The molecule has 0 saturated carbocycles. The normalized spacial score (nSPS) is 9.96. The van der Waals surface area contributed by atoms with Crippen LogP contribution < -0.4 is 0 Å². The molecule has 2 heterocycles. The first-order valence-electron chi connectivity index (χ1n) is 6.92. The van der Waals surface area contributed by atoms with E-state index in [-0.39, 0.29) is 0 Å². The molecule has 2 aromatic heterocycles. The van der Waals surface area contributed by atoms with Crippen molar-refractivity contribution >= 4 is 47.8 Å². The van der Waals surface area contributed by atoms with Crippen LogP contribution in [-0.4, -0.2) is 9.97 Å². The molecule has 0 amide bonds. The highest BCUT2D eigenvalue weighted by molar-refractivity contribution is 9.11. The van der Waals surface area contributed by atoms with E-state index in [2.05, 4.69) is 82.9 Å². The minimum Gasteiger partial charge on any atom is -0.255 e. The van der Waals surface area contributed by atoms with Crippen LogP contribution in [0.4, 0.5) is 0 Å². The molecule has 3 aromatic rings. The first kappa shape index (κ1) is 18.3. The molecule has 118 valence electrons. The van der Waals surface area contributed by atoms with Gasteiger partial charge in [0.25, 0.3) is 0 Å². The summed E-state index contributed by atoms with van der Waals surface area (Å²) in [6, 6.07) is 14.2.